The van der Waals surface area contributed by atoms with Crippen molar-refractivity contribution in [2.45, 2.75) is 11.8 Å². The Bertz CT molecular complexity index is 1800. The summed E-state index contributed by atoms with van der Waals surface area (Å²) >= 11 is 2.94. The van der Waals surface area contributed by atoms with E-state index >= 15 is 0 Å². The van der Waals surface area contributed by atoms with Crippen LogP contribution in [0.3, 0.4) is 0 Å². The molecule has 200 valence electrons. The van der Waals surface area contributed by atoms with Crippen molar-refractivity contribution in [3.63, 3.8) is 0 Å². The Morgan fingerprint density at radius 1 is 1.10 bits per heavy atom. The number of carbonyl (C=O) groups is 1. The first kappa shape index (κ1) is 26.6. The van der Waals surface area contributed by atoms with Gasteiger partial charge in [-0.1, -0.05) is 23.8 Å². The Morgan fingerprint density at radius 3 is 2.60 bits per heavy atom. The molecule has 9 heteroatoms. The molecule has 1 atom stereocenters. The Hall–Kier alpha value is -3.63. The van der Waals surface area contributed by atoms with E-state index < -0.39 is 0 Å². The Balaban J connectivity index is 1.59. The number of nitriles is 1. The summed E-state index contributed by atoms with van der Waals surface area (Å²) in [6.07, 6.45) is 0. The lowest BCUT2D eigenvalue weighted by Crippen LogP contribution is -2.50. The highest BCUT2D eigenvalue weighted by atomic mass is 32.2. The van der Waals surface area contributed by atoms with Crippen LogP contribution in [-0.2, 0) is 9.53 Å². The van der Waals surface area contributed by atoms with Crippen LogP contribution in [0.4, 0.5) is 10.1 Å². The van der Waals surface area contributed by atoms with Crippen molar-refractivity contribution in [1.82, 2.24) is 3.97 Å². The lowest BCUT2D eigenvalue weighted by atomic mass is 9.96. The van der Waals surface area contributed by atoms with E-state index in [-0.39, 0.29) is 17.7 Å². The topological polar surface area (TPSA) is 58.3 Å². The third-order valence-corrected chi connectivity index (χ3v) is 9.58. The van der Waals surface area contributed by atoms with Crippen molar-refractivity contribution in [1.29, 1.82) is 5.26 Å². The minimum absolute atomic E-state index is 0.143. The molecule has 0 aliphatic carbocycles. The zero-order valence-electron chi connectivity index (χ0n) is 21.8. The van der Waals surface area contributed by atoms with Gasteiger partial charge in [-0.3, -0.25) is 8.77 Å². The largest absolute Gasteiger partial charge is 0.469 e. The number of thiophene rings is 1. The number of methoxy groups -OCH3 is 1. The number of esters is 1. The van der Waals surface area contributed by atoms with Crippen molar-refractivity contribution >= 4 is 60.4 Å². The van der Waals surface area contributed by atoms with Gasteiger partial charge in [0, 0.05) is 45.7 Å². The minimum Gasteiger partial charge on any atom is -0.469 e. The number of benzene rings is 3. The summed E-state index contributed by atoms with van der Waals surface area (Å²) in [5.74, 6) is -0.671. The molecule has 1 fully saturated rings. The van der Waals surface area contributed by atoms with E-state index in [1.807, 2.05) is 23.6 Å². The molecule has 1 saturated heterocycles. The van der Waals surface area contributed by atoms with E-state index in [1.165, 1.54) is 30.1 Å². The molecule has 0 amide bonds. The molecule has 0 saturated carbocycles. The normalized spacial score (nSPS) is 13.3. The van der Waals surface area contributed by atoms with Gasteiger partial charge >= 0.3 is 5.97 Å². The molecule has 1 aliphatic heterocycles. The summed E-state index contributed by atoms with van der Waals surface area (Å²) < 4.78 is 21.8. The standard InChI is InChI=1S/C31H25FN3O2PS2/c1-18-3-7-22(8-4-18)40-35-26-9-5-20(32)13-24(26)29(23-11-12-39-28(23)15-33)30(35)25-14-21(6-10-27(25)38)34-16-19(17-34)31(36)37-2/h3-14,19H,16-17,38H2,1-2H3. The molecule has 2 aromatic heterocycles. The molecular weight excluding hydrogens is 560 g/mol. The Labute approximate surface area is 242 Å². The highest BCUT2D eigenvalue weighted by Gasteiger charge is 2.34. The number of fused-ring (bicyclic) bond motifs is 1. The molecular formula is C31H25FN3O2PS2. The smallest absolute Gasteiger partial charge is 0.312 e. The maximum atomic E-state index is 14.8. The quantitative estimate of drug-likeness (QED) is 0.158. The van der Waals surface area contributed by atoms with E-state index in [1.54, 1.807) is 24.1 Å². The van der Waals surface area contributed by atoms with Crippen molar-refractivity contribution < 1.29 is 13.9 Å². The van der Waals surface area contributed by atoms with Gasteiger partial charge in [-0.15, -0.1) is 20.6 Å². The van der Waals surface area contributed by atoms with Gasteiger partial charge in [0.2, 0.25) is 0 Å². The second-order valence-corrected chi connectivity index (χ2v) is 12.3. The number of ether oxygens (including phenoxy) is 1. The van der Waals surface area contributed by atoms with Gasteiger partial charge < -0.3 is 9.64 Å². The van der Waals surface area contributed by atoms with E-state index in [9.17, 15) is 14.4 Å². The van der Waals surface area contributed by atoms with Crippen molar-refractivity contribution in [3.05, 3.63) is 88.4 Å². The zero-order chi connectivity index (χ0) is 28.0. The van der Waals surface area contributed by atoms with Gasteiger partial charge in [0.1, 0.15) is 16.8 Å². The third-order valence-electron chi connectivity index (χ3n) is 7.21. The van der Waals surface area contributed by atoms with Crippen LogP contribution >= 0.6 is 32.5 Å². The molecule has 0 spiro atoms. The van der Waals surface area contributed by atoms with Crippen molar-refractivity contribution in [3.8, 4) is 28.5 Å². The average Bonchev–Trinajstić information content (AvgIpc) is 3.51. The number of hydrogen-bond donors (Lipinski definition) is 0. The maximum absolute atomic E-state index is 14.8. The van der Waals surface area contributed by atoms with Gasteiger partial charge in [0.15, 0.2) is 0 Å². The fourth-order valence-electron chi connectivity index (χ4n) is 5.10. The fourth-order valence-corrected chi connectivity index (χ4v) is 7.11. The van der Waals surface area contributed by atoms with Crippen LogP contribution in [0.2, 0.25) is 0 Å². The van der Waals surface area contributed by atoms with Crippen LogP contribution in [-0.4, -0.2) is 30.1 Å². The molecule has 5 aromatic rings. The van der Waals surface area contributed by atoms with Crippen LogP contribution in [0.1, 0.15) is 10.4 Å². The van der Waals surface area contributed by atoms with E-state index in [0.29, 0.717) is 18.0 Å². The lowest BCUT2D eigenvalue weighted by Gasteiger charge is -2.39. The van der Waals surface area contributed by atoms with Gasteiger partial charge in [0.05, 0.1) is 24.2 Å². The van der Waals surface area contributed by atoms with Crippen LogP contribution in [0, 0.1) is 30.0 Å². The molecule has 3 aromatic carbocycles. The predicted octanol–water partition coefficient (Wildman–Crippen LogP) is 7.02. The van der Waals surface area contributed by atoms with E-state index in [0.717, 1.165) is 49.2 Å². The minimum atomic E-state index is -0.333. The highest BCUT2D eigenvalue weighted by Crippen LogP contribution is 2.47. The maximum Gasteiger partial charge on any atom is 0.312 e. The summed E-state index contributed by atoms with van der Waals surface area (Å²) in [7, 11) is 4.25. The summed E-state index contributed by atoms with van der Waals surface area (Å²) in [6, 6.07) is 23.6. The van der Waals surface area contributed by atoms with Crippen molar-refractivity contribution in [2.75, 3.05) is 25.1 Å². The second-order valence-electron chi connectivity index (χ2n) is 9.76. The first-order valence-electron chi connectivity index (χ1n) is 12.7. The highest BCUT2D eigenvalue weighted by molar-refractivity contribution is 7.98. The van der Waals surface area contributed by atoms with Crippen molar-refractivity contribution in [2.24, 2.45) is 5.92 Å². The number of hydrogen-bond acceptors (Lipinski definition) is 6. The number of rotatable bonds is 6. The van der Waals surface area contributed by atoms with Crippen LogP contribution in [0.15, 0.2) is 77.0 Å². The summed E-state index contributed by atoms with van der Waals surface area (Å²) in [4.78, 5) is 15.8. The van der Waals surface area contributed by atoms with Gasteiger partial charge in [-0.25, -0.2) is 4.39 Å². The first-order chi connectivity index (χ1) is 19.4. The number of anilines is 1. The number of carbonyl (C=O) groups excluding carboxylic acids is 1. The van der Waals surface area contributed by atoms with Gasteiger partial charge in [0.25, 0.3) is 0 Å². The summed E-state index contributed by atoms with van der Waals surface area (Å²) in [6.45, 7) is 3.23. The van der Waals surface area contributed by atoms with Crippen LogP contribution in [0.25, 0.3) is 33.3 Å². The van der Waals surface area contributed by atoms with Crippen LogP contribution < -0.4 is 10.2 Å². The molecule has 0 N–H and O–H groups in total. The van der Waals surface area contributed by atoms with Gasteiger partial charge in [-0.05, 0) is 78.1 Å². The molecule has 5 nitrogen and oxygen atoms in total. The molecule has 6 rings (SSSR count). The van der Waals surface area contributed by atoms with E-state index in [4.69, 9.17) is 4.74 Å². The van der Waals surface area contributed by atoms with Crippen LogP contribution in [0.5, 0.6) is 0 Å². The second kappa shape index (κ2) is 10.7. The molecule has 1 aliphatic rings. The summed E-state index contributed by atoms with van der Waals surface area (Å²) in [5, 5.41) is 13.6. The number of halogens is 1. The van der Waals surface area contributed by atoms with E-state index in [2.05, 4.69) is 61.4 Å². The lowest BCUT2D eigenvalue weighted by molar-refractivity contribution is -0.146. The number of aromatic nitrogens is 1. The number of aryl methyl sites for hydroxylation is 1. The Morgan fingerprint density at radius 2 is 1.88 bits per heavy atom. The third kappa shape index (κ3) is 4.69. The molecule has 40 heavy (non-hydrogen) atoms. The molecule has 0 bridgehead atoms. The fraction of sp³-hybridized carbons (Fsp3) is 0.161. The Kier molecular flexibility index (Phi) is 7.14. The van der Waals surface area contributed by atoms with Gasteiger partial charge in [-0.2, -0.15) is 5.26 Å². The SMILES string of the molecule is COC(=O)C1CN(c2ccc(P)c(-c3c(-c4ccsc4C#N)c4cc(F)ccc4n3Sc3ccc(C)cc3)c2)C1. The molecule has 3 heterocycles. The molecule has 1 unspecified atom stereocenters. The molecule has 0 radical (unpaired) electrons. The average molecular weight is 586 g/mol. The number of nitrogens with zero attached hydrogens (tertiary/aromatic N) is 3. The predicted molar refractivity (Wildman–Crippen MR) is 165 cm³/mol. The zero-order valence-corrected chi connectivity index (χ0v) is 24.6. The summed E-state index contributed by atoms with van der Waals surface area (Å²) in [5.41, 5.74) is 6.46. The first-order valence-corrected chi connectivity index (χ1v) is 14.9. The monoisotopic (exact) mass is 585 g/mol.